The maximum absolute atomic E-state index is 5.55. The number of ether oxygens (including phenoxy) is 1. The van der Waals surface area contributed by atoms with E-state index >= 15 is 0 Å². The predicted octanol–water partition coefficient (Wildman–Crippen LogP) is 1.08. The summed E-state index contributed by atoms with van der Waals surface area (Å²) in [6.45, 7) is 2.82. The second-order valence-corrected chi connectivity index (χ2v) is 4.08. The lowest BCUT2D eigenvalue weighted by Gasteiger charge is -2.08. The first-order valence-corrected chi connectivity index (χ1v) is 5.65. The van der Waals surface area contributed by atoms with E-state index in [1.54, 1.807) is 0 Å². The van der Waals surface area contributed by atoms with Crippen LogP contribution >= 0.6 is 0 Å². The summed E-state index contributed by atoms with van der Waals surface area (Å²) in [5, 5.41) is 7.69. The molecule has 1 saturated heterocycles. The molecule has 1 atom stereocenters. The van der Waals surface area contributed by atoms with Gasteiger partial charge in [-0.05, 0) is 31.9 Å². The Labute approximate surface area is 90.6 Å². The average molecular weight is 209 g/mol. The van der Waals surface area contributed by atoms with Crippen LogP contribution in [0.3, 0.4) is 0 Å². The molecule has 84 valence electrons. The first-order valence-electron chi connectivity index (χ1n) is 5.65. The summed E-state index contributed by atoms with van der Waals surface area (Å²) in [6, 6.07) is 2.04. The van der Waals surface area contributed by atoms with Gasteiger partial charge in [-0.3, -0.25) is 4.68 Å². The van der Waals surface area contributed by atoms with Crippen molar-refractivity contribution in [2.75, 3.05) is 13.2 Å². The van der Waals surface area contributed by atoms with Crippen LogP contribution in [-0.4, -0.2) is 29.0 Å². The van der Waals surface area contributed by atoms with E-state index in [1.807, 2.05) is 24.0 Å². The topological polar surface area (TPSA) is 39.1 Å². The standard InChI is InChI=1S/C11H19N3O/c1-14-7-5-10(13-14)9-12-6-4-11-3-2-8-15-11/h5,7,11-12H,2-4,6,8-9H2,1H3. The minimum atomic E-state index is 0.487. The highest BCUT2D eigenvalue weighted by atomic mass is 16.5. The zero-order valence-electron chi connectivity index (χ0n) is 9.28. The lowest BCUT2D eigenvalue weighted by Crippen LogP contribution is -2.20. The van der Waals surface area contributed by atoms with Crippen molar-refractivity contribution in [1.82, 2.24) is 15.1 Å². The highest BCUT2D eigenvalue weighted by molar-refractivity contribution is 4.97. The zero-order chi connectivity index (χ0) is 10.5. The number of aryl methyl sites for hydroxylation is 1. The van der Waals surface area contributed by atoms with E-state index in [0.29, 0.717) is 6.10 Å². The number of hydrogen-bond acceptors (Lipinski definition) is 3. The summed E-state index contributed by atoms with van der Waals surface area (Å²) in [7, 11) is 1.94. The molecule has 0 spiro atoms. The number of nitrogens with one attached hydrogen (secondary N) is 1. The van der Waals surface area contributed by atoms with Gasteiger partial charge in [-0.25, -0.2) is 0 Å². The Hall–Kier alpha value is -0.870. The largest absolute Gasteiger partial charge is 0.378 e. The van der Waals surface area contributed by atoms with Crippen LogP contribution in [0.4, 0.5) is 0 Å². The van der Waals surface area contributed by atoms with Gasteiger partial charge in [0.05, 0.1) is 11.8 Å². The fourth-order valence-corrected chi connectivity index (χ4v) is 1.91. The van der Waals surface area contributed by atoms with Gasteiger partial charge in [-0.2, -0.15) is 5.10 Å². The van der Waals surface area contributed by atoms with Crippen molar-refractivity contribution in [3.8, 4) is 0 Å². The molecule has 2 heterocycles. The summed E-state index contributed by atoms with van der Waals surface area (Å²) in [6.07, 6.45) is 6.03. The van der Waals surface area contributed by atoms with Crippen molar-refractivity contribution in [2.24, 2.45) is 7.05 Å². The first-order chi connectivity index (χ1) is 7.34. The van der Waals surface area contributed by atoms with E-state index in [2.05, 4.69) is 10.4 Å². The van der Waals surface area contributed by atoms with Gasteiger partial charge in [-0.15, -0.1) is 0 Å². The minimum absolute atomic E-state index is 0.487. The van der Waals surface area contributed by atoms with E-state index in [9.17, 15) is 0 Å². The fraction of sp³-hybridized carbons (Fsp3) is 0.727. The van der Waals surface area contributed by atoms with Crippen LogP contribution in [0.5, 0.6) is 0 Å². The van der Waals surface area contributed by atoms with Crippen molar-refractivity contribution in [1.29, 1.82) is 0 Å². The monoisotopic (exact) mass is 209 g/mol. The average Bonchev–Trinajstić information content (AvgIpc) is 2.84. The number of aromatic nitrogens is 2. The second-order valence-electron chi connectivity index (χ2n) is 4.08. The summed E-state index contributed by atoms with van der Waals surface area (Å²) >= 11 is 0. The van der Waals surface area contributed by atoms with Crippen molar-refractivity contribution >= 4 is 0 Å². The van der Waals surface area contributed by atoms with Crippen LogP contribution in [0.25, 0.3) is 0 Å². The number of hydrogen-bond donors (Lipinski definition) is 1. The Morgan fingerprint density at radius 3 is 3.27 bits per heavy atom. The molecule has 1 aromatic heterocycles. The zero-order valence-corrected chi connectivity index (χ0v) is 9.28. The molecule has 0 aromatic carbocycles. The van der Waals surface area contributed by atoms with E-state index in [1.165, 1.54) is 12.8 Å². The van der Waals surface area contributed by atoms with Crippen LogP contribution < -0.4 is 5.32 Å². The minimum Gasteiger partial charge on any atom is -0.378 e. The van der Waals surface area contributed by atoms with Crippen LogP contribution in [-0.2, 0) is 18.3 Å². The Morgan fingerprint density at radius 1 is 1.67 bits per heavy atom. The quantitative estimate of drug-likeness (QED) is 0.738. The van der Waals surface area contributed by atoms with E-state index in [0.717, 1.165) is 31.8 Å². The summed E-state index contributed by atoms with van der Waals surface area (Å²) in [5.41, 5.74) is 1.10. The molecule has 15 heavy (non-hydrogen) atoms. The predicted molar refractivity (Wildman–Crippen MR) is 58.5 cm³/mol. The van der Waals surface area contributed by atoms with Crippen LogP contribution in [0.1, 0.15) is 25.0 Å². The Balaban J connectivity index is 1.58. The van der Waals surface area contributed by atoms with Gasteiger partial charge in [0.15, 0.2) is 0 Å². The van der Waals surface area contributed by atoms with Gasteiger partial charge in [0, 0.05) is 26.4 Å². The molecule has 1 N–H and O–H groups in total. The molecule has 0 saturated carbocycles. The number of rotatable bonds is 5. The summed E-state index contributed by atoms with van der Waals surface area (Å²) in [5.74, 6) is 0. The Kier molecular flexibility index (Phi) is 3.75. The maximum atomic E-state index is 5.55. The third-order valence-electron chi connectivity index (χ3n) is 2.74. The Morgan fingerprint density at radius 2 is 2.60 bits per heavy atom. The van der Waals surface area contributed by atoms with E-state index < -0.39 is 0 Å². The van der Waals surface area contributed by atoms with Gasteiger partial charge in [-0.1, -0.05) is 0 Å². The van der Waals surface area contributed by atoms with Gasteiger partial charge < -0.3 is 10.1 Å². The molecule has 0 bridgehead atoms. The first kappa shape index (κ1) is 10.6. The van der Waals surface area contributed by atoms with Gasteiger partial charge >= 0.3 is 0 Å². The molecule has 0 amide bonds. The van der Waals surface area contributed by atoms with Crippen molar-refractivity contribution < 1.29 is 4.74 Å². The van der Waals surface area contributed by atoms with Gasteiger partial charge in [0.25, 0.3) is 0 Å². The molecule has 1 unspecified atom stereocenters. The summed E-state index contributed by atoms with van der Waals surface area (Å²) < 4.78 is 7.38. The molecule has 0 aliphatic carbocycles. The lowest BCUT2D eigenvalue weighted by atomic mass is 10.2. The third kappa shape index (κ3) is 3.32. The third-order valence-corrected chi connectivity index (χ3v) is 2.74. The second kappa shape index (κ2) is 5.28. The molecule has 2 rings (SSSR count). The van der Waals surface area contributed by atoms with Crippen molar-refractivity contribution in [2.45, 2.75) is 31.9 Å². The highest BCUT2D eigenvalue weighted by Crippen LogP contribution is 2.14. The van der Waals surface area contributed by atoms with Crippen LogP contribution in [0.2, 0.25) is 0 Å². The maximum Gasteiger partial charge on any atom is 0.0762 e. The van der Waals surface area contributed by atoms with E-state index in [-0.39, 0.29) is 0 Å². The molecular weight excluding hydrogens is 190 g/mol. The lowest BCUT2D eigenvalue weighted by molar-refractivity contribution is 0.104. The SMILES string of the molecule is Cn1ccc(CNCCC2CCCO2)n1. The molecule has 4 heteroatoms. The molecule has 1 aliphatic heterocycles. The molecule has 1 aliphatic rings. The smallest absolute Gasteiger partial charge is 0.0762 e. The van der Waals surface area contributed by atoms with E-state index in [4.69, 9.17) is 4.74 Å². The molecular formula is C11H19N3O. The van der Waals surface area contributed by atoms with Crippen LogP contribution in [0.15, 0.2) is 12.3 Å². The molecule has 4 nitrogen and oxygen atoms in total. The van der Waals surface area contributed by atoms with Gasteiger partial charge in [0.1, 0.15) is 0 Å². The van der Waals surface area contributed by atoms with Gasteiger partial charge in [0.2, 0.25) is 0 Å². The summed E-state index contributed by atoms with van der Waals surface area (Å²) in [4.78, 5) is 0. The molecule has 1 fully saturated rings. The van der Waals surface area contributed by atoms with Crippen molar-refractivity contribution in [3.05, 3.63) is 18.0 Å². The Bertz CT molecular complexity index is 292. The van der Waals surface area contributed by atoms with Crippen molar-refractivity contribution in [3.63, 3.8) is 0 Å². The van der Waals surface area contributed by atoms with Crippen LogP contribution in [0, 0.1) is 0 Å². The fourth-order valence-electron chi connectivity index (χ4n) is 1.91. The molecule has 1 aromatic rings. The highest BCUT2D eigenvalue weighted by Gasteiger charge is 2.14. The number of nitrogens with zero attached hydrogens (tertiary/aromatic N) is 2. The normalized spacial score (nSPS) is 21.0. The molecule has 0 radical (unpaired) electrons.